The molecule has 1 heterocycles. The predicted octanol–water partition coefficient (Wildman–Crippen LogP) is 1.80. The second kappa shape index (κ2) is 7.78. The molecule has 0 bridgehead atoms. The number of rotatable bonds is 5. The molecule has 1 amide bonds. The number of amides is 1. The smallest absolute Gasteiger partial charge is 0.261 e. The van der Waals surface area contributed by atoms with Crippen molar-refractivity contribution in [2.75, 3.05) is 13.6 Å². The van der Waals surface area contributed by atoms with E-state index >= 15 is 0 Å². The standard InChI is InChI=1S/C19H25N3O3/c1-21(12-14-6-2-5-9-17(14)23)18(24)10-11-22-13-20-16-8-4-3-7-15(16)19(22)25/h3-4,7-8,13-14,17,23H,2,5-6,9-12H2,1H3. The third kappa shape index (κ3) is 4.07. The highest BCUT2D eigenvalue weighted by atomic mass is 16.3. The minimum absolute atomic E-state index is 0.0159. The summed E-state index contributed by atoms with van der Waals surface area (Å²) in [4.78, 5) is 30.8. The number of aryl methyl sites for hydroxylation is 1. The number of hydrogen-bond donors (Lipinski definition) is 1. The topological polar surface area (TPSA) is 75.4 Å². The van der Waals surface area contributed by atoms with Crippen LogP contribution in [0.4, 0.5) is 0 Å². The molecule has 134 valence electrons. The van der Waals surface area contributed by atoms with Gasteiger partial charge < -0.3 is 10.0 Å². The fraction of sp³-hybridized carbons (Fsp3) is 0.526. The maximum Gasteiger partial charge on any atom is 0.261 e. The molecule has 0 radical (unpaired) electrons. The molecule has 0 saturated heterocycles. The molecule has 2 aromatic rings. The Balaban J connectivity index is 1.60. The van der Waals surface area contributed by atoms with Crippen LogP contribution in [0.3, 0.4) is 0 Å². The van der Waals surface area contributed by atoms with E-state index in [1.807, 2.05) is 12.1 Å². The molecule has 25 heavy (non-hydrogen) atoms. The van der Waals surface area contributed by atoms with Gasteiger partial charge in [-0.15, -0.1) is 0 Å². The van der Waals surface area contributed by atoms with Crippen LogP contribution in [-0.4, -0.2) is 45.2 Å². The zero-order valence-corrected chi connectivity index (χ0v) is 14.6. The van der Waals surface area contributed by atoms with Gasteiger partial charge in [0.2, 0.25) is 5.91 Å². The van der Waals surface area contributed by atoms with Crippen LogP contribution in [0.2, 0.25) is 0 Å². The van der Waals surface area contributed by atoms with Crippen molar-refractivity contribution in [2.45, 2.75) is 44.8 Å². The number of hydrogen-bond acceptors (Lipinski definition) is 4. The van der Waals surface area contributed by atoms with Crippen LogP contribution in [0.1, 0.15) is 32.1 Å². The first kappa shape index (κ1) is 17.6. The van der Waals surface area contributed by atoms with Crippen LogP contribution in [0.5, 0.6) is 0 Å². The maximum atomic E-state index is 12.4. The lowest BCUT2D eigenvalue weighted by Gasteiger charge is -2.31. The second-order valence-corrected chi connectivity index (χ2v) is 6.90. The molecule has 6 heteroatoms. The molecule has 6 nitrogen and oxygen atoms in total. The van der Waals surface area contributed by atoms with Gasteiger partial charge in [0, 0.05) is 32.5 Å². The molecule has 2 unspecified atom stereocenters. The minimum atomic E-state index is -0.309. The van der Waals surface area contributed by atoms with E-state index in [2.05, 4.69) is 4.98 Å². The Morgan fingerprint density at radius 3 is 2.88 bits per heavy atom. The van der Waals surface area contributed by atoms with E-state index < -0.39 is 0 Å². The molecule has 1 N–H and O–H groups in total. The van der Waals surface area contributed by atoms with E-state index in [1.165, 1.54) is 10.9 Å². The molecule has 1 saturated carbocycles. The Morgan fingerprint density at radius 2 is 2.08 bits per heavy atom. The van der Waals surface area contributed by atoms with Gasteiger partial charge in [-0.2, -0.15) is 0 Å². The van der Waals surface area contributed by atoms with Crippen molar-refractivity contribution in [3.63, 3.8) is 0 Å². The summed E-state index contributed by atoms with van der Waals surface area (Å²) in [6.45, 7) is 0.887. The van der Waals surface area contributed by atoms with E-state index in [4.69, 9.17) is 0 Å². The number of aliphatic hydroxyl groups is 1. The van der Waals surface area contributed by atoms with Gasteiger partial charge in [0.15, 0.2) is 0 Å². The number of nitrogens with zero attached hydrogens (tertiary/aromatic N) is 3. The van der Waals surface area contributed by atoms with Crippen LogP contribution in [0, 0.1) is 5.92 Å². The van der Waals surface area contributed by atoms with Crippen molar-refractivity contribution in [1.82, 2.24) is 14.5 Å². The molecular formula is C19H25N3O3. The van der Waals surface area contributed by atoms with Crippen molar-refractivity contribution in [3.05, 3.63) is 40.9 Å². The number of para-hydroxylation sites is 1. The van der Waals surface area contributed by atoms with Gasteiger partial charge in [-0.25, -0.2) is 4.98 Å². The minimum Gasteiger partial charge on any atom is -0.393 e. The molecule has 2 atom stereocenters. The third-order valence-electron chi connectivity index (χ3n) is 5.10. The van der Waals surface area contributed by atoms with Gasteiger partial charge in [-0.1, -0.05) is 25.0 Å². The van der Waals surface area contributed by atoms with Crippen LogP contribution in [0.25, 0.3) is 10.9 Å². The average molecular weight is 343 g/mol. The Kier molecular flexibility index (Phi) is 5.48. The lowest BCUT2D eigenvalue weighted by Crippen LogP contribution is -2.38. The van der Waals surface area contributed by atoms with Crippen molar-refractivity contribution in [3.8, 4) is 0 Å². The van der Waals surface area contributed by atoms with E-state index in [9.17, 15) is 14.7 Å². The fourth-order valence-corrected chi connectivity index (χ4v) is 3.53. The number of aliphatic hydroxyl groups excluding tert-OH is 1. The summed E-state index contributed by atoms with van der Waals surface area (Å²) in [6.07, 6.45) is 5.41. The maximum absolute atomic E-state index is 12.4. The molecule has 0 spiro atoms. The van der Waals surface area contributed by atoms with Crippen LogP contribution in [-0.2, 0) is 11.3 Å². The largest absolute Gasteiger partial charge is 0.393 e. The van der Waals surface area contributed by atoms with Crippen molar-refractivity contribution < 1.29 is 9.90 Å². The van der Waals surface area contributed by atoms with Gasteiger partial charge in [0.1, 0.15) is 0 Å². The quantitative estimate of drug-likeness (QED) is 0.898. The predicted molar refractivity (Wildman–Crippen MR) is 96.2 cm³/mol. The summed E-state index contributed by atoms with van der Waals surface area (Å²) in [5.74, 6) is 0.144. The summed E-state index contributed by atoms with van der Waals surface area (Å²) in [5, 5.41) is 10.6. The Morgan fingerprint density at radius 1 is 1.32 bits per heavy atom. The summed E-state index contributed by atoms with van der Waals surface area (Å²) >= 11 is 0. The first-order valence-corrected chi connectivity index (χ1v) is 8.92. The molecule has 1 aliphatic rings. The highest BCUT2D eigenvalue weighted by molar-refractivity contribution is 5.77. The molecule has 3 rings (SSSR count). The Bertz CT molecular complexity index is 802. The highest BCUT2D eigenvalue weighted by Crippen LogP contribution is 2.25. The van der Waals surface area contributed by atoms with Crippen LogP contribution < -0.4 is 5.56 Å². The highest BCUT2D eigenvalue weighted by Gasteiger charge is 2.25. The van der Waals surface area contributed by atoms with Gasteiger partial charge in [0.05, 0.1) is 23.3 Å². The lowest BCUT2D eigenvalue weighted by atomic mass is 9.86. The lowest BCUT2D eigenvalue weighted by molar-refractivity contribution is -0.131. The van der Waals surface area contributed by atoms with E-state index in [0.717, 1.165) is 25.7 Å². The van der Waals surface area contributed by atoms with Crippen LogP contribution >= 0.6 is 0 Å². The Labute approximate surface area is 147 Å². The van der Waals surface area contributed by atoms with Crippen molar-refractivity contribution >= 4 is 16.8 Å². The second-order valence-electron chi connectivity index (χ2n) is 6.90. The molecular weight excluding hydrogens is 318 g/mol. The Hall–Kier alpha value is -2.21. The summed E-state index contributed by atoms with van der Waals surface area (Å²) in [5.41, 5.74) is 0.544. The van der Waals surface area contributed by atoms with E-state index in [1.54, 1.807) is 24.1 Å². The van der Waals surface area contributed by atoms with Gasteiger partial charge in [-0.05, 0) is 25.0 Å². The first-order valence-electron chi connectivity index (χ1n) is 8.92. The third-order valence-corrected chi connectivity index (χ3v) is 5.10. The first-order chi connectivity index (χ1) is 12.1. The molecule has 1 fully saturated rings. The van der Waals surface area contributed by atoms with Crippen molar-refractivity contribution in [1.29, 1.82) is 0 Å². The van der Waals surface area contributed by atoms with Gasteiger partial charge in [0.25, 0.3) is 5.56 Å². The number of carbonyl (C=O) groups is 1. The fourth-order valence-electron chi connectivity index (χ4n) is 3.53. The zero-order valence-electron chi connectivity index (χ0n) is 14.6. The van der Waals surface area contributed by atoms with Gasteiger partial charge in [-0.3, -0.25) is 14.2 Å². The summed E-state index contributed by atoms with van der Waals surface area (Å²) < 4.78 is 1.49. The number of carbonyl (C=O) groups excluding carboxylic acids is 1. The molecule has 1 aromatic heterocycles. The number of fused-ring (bicyclic) bond motifs is 1. The van der Waals surface area contributed by atoms with Crippen LogP contribution in [0.15, 0.2) is 35.4 Å². The average Bonchev–Trinajstić information content (AvgIpc) is 2.63. The molecule has 1 aromatic carbocycles. The van der Waals surface area contributed by atoms with Crippen molar-refractivity contribution in [2.24, 2.45) is 5.92 Å². The zero-order chi connectivity index (χ0) is 17.8. The van der Waals surface area contributed by atoms with E-state index in [-0.39, 0.29) is 29.9 Å². The summed E-state index contributed by atoms with van der Waals surface area (Å²) in [7, 11) is 1.77. The molecule has 1 aliphatic carbocycles. The van der Waals surface area contributed by atoms with Gasteiger partial charge >= 0.3 is 0 Å². The summed E-state index contributed by atoms with van der Waals surface area (Å²) in [6, 6.07) is 7.20. The molecule has 0 aliphatic heterocycles. The SMILES string of the molecule is CN(CC1CCCCC1O)C(=O)CCn1cnc2ccccc2c1=O. The van der Waals surface area contributed by atoms with E-state index in [0.29, 0.717) is 24.0 Å². The number of benzene rings is 1. The monoisotopic (exact) mass is 343 g/mol. The number of aromatic nitrogens is 2. The normalized spacial score (nSPS) is 20.6.